The van der Waals surface area contributed by atoms with Gasteiger partial charge in [-0.1, -0.05) is 18.2 Å². The van der Waals surface area contributed by atoms with Gasteiger partial charge in [-0.2, -0.15) is 5.26 Å². The molecule has 1 aromatic heterocycles. The fourth-order valence-electron chi connectivity index (χ4n) is 2.78. The second-order valence-electron chi connectivity index (χ2n) is 5.60. The van der Waals surface area contributed by atoms with E-state index in [1.807, 2.05) is 42.5 Å². The smallest absolute Gasteiger partial charge is 0.227 e. The molecule has 4 heteroatoms. The van der Waals surface area contributed by atoms with Crippen LogP contribution in [0.2, 0.25) is 0 Å². The molecule has 4 nitrogen and oxygen atoms in total. The molecule has 0 bridgehead atoms. The standard InChI is InChI=1S/C18H14N2O2/c1-21-16-10-12(6-7-13(16)18(11-19)8-9-18)17-20-14-4-2-3-5-15(14)22-17/h2-7,10H,8-9H2,1H3. The van der Waals surface area contributed by atoms with E-state index in [-0.39, 0.29) is 5.41 Å². The summed E-state index contributed by atoms with van der Waals surface area (Å²) in [6.45, 7) is 0. The summed E-state index contributed by atoms with van der Waals surface area (Å²) in [7, 11) is 1.63. The Labute approximate surface area is 128 Å². The molecule has 0 amide bonds. The van der Waals surface area contributed by atoms with Crippen LogP contribution in [0.5, 0.6) is 5.75 Å². The van der Waals surface area contributed by atoms with Gasteiger partial charge in [0.05, 0.1) is 18.6 Å². The van der Waals surface area contributed by atoms with Crippen molar-refractivity contribution in [3.63, 3.8) is 0 Å². The Morgan fingerprint density at radius 1 is 1.23 bits per heavy atom. The Morgan fingerprint density at radius 2 is 2.05 bits per heavy atom. The van der Waals surface area contributed by atoms with Gasteiger partial charge >= 0.3 is 0 Å². The molecule has 108 valence electrons. The lowest BCUT2D eigenvalue weighted by Crippen LogP contribution is -2.05. The van der Waals surface area contributed by atoms with Crippen LogP contribution in [0.1, 0.15) is 18.4 Å². The minimum atomic E-state index is -0.370. The van der Waals surface area contributed by atoms with E-state index in [0.717, 1.165) is 40.8 Å². The lowest BCUT2D eigenvalue weighted by molar-refractivity contribution is 0.407. The van der Waals surface area contributed by atoms with Crippen LogP contribution in [-0.2, 0) is 5.41 Å². The Hall–Kier alpha value is -2.80. The highest BCUT2D eigenvalue weighted by Crippen LogP contribution is 2.51. The van der Waals surface area contributed by atoms with E-state index in [1.54, 1.807) is 7.11 Å². The molecule has 2 aromatic carbocycles. The quantitative estimate of drug-likeness (QED) is 0.730. The molecule has 0 N–H and O–H groups in total. The van der Waals surface area contributed by atoms with E-state index in [2.05, 4.69) is 11.1 Å². The zero-order valence-electron chi connectivity index (χ0n) is 12.2. The molecule has 1 heterocycles. The fraction of sp³-hybridized carbons (Fsp3) is 0.222. The van der Waals surface area contributed by atoms with Gasteiger partial charge < -0.3 is 9.15 Å². The Bertz CT molecular complexity index is 868. The van der Waals surface area contributed by atoms with Crippen molar-refractivity contribution in [1.82, 2.24) is 4.98 Å². The van der Waals surface area contributed by atoms with Crippen molar-refractivity contribution >= 4 is 11.1 Å². The number of hydrogen-bond donors (Lipinski definition) is 0. The Kier molecular flexibility index (Phi) is 2.70. The molecule has 1 fully saturated rings. The number of oxazole rings is 1. The van der Waals surface area contributed by atoms with Gasteiger partial charge in [0.15, 0.2) is 5.58 Å². The zero-order valence-corrected chi connectivity index (χ0v) is 12.2. The fourth-order valence-corrected chi connectivity index (χ4v) is 2.78. The number of aromatic nitrogens is 1. The van der Waals surface area contributed by atoms with E-state index in [0.29, 0.717) is 5.89 Å². The van der Waals surface area contributed by atoms with Crippen LogP contribution in [0.15, 0.2) is 46.9 Å². The van der Waals surface area contributed by atoms with Crippen molar-refractivity contribution in [2.45, 2.75) is 18.3 Å². The number of hydrogen-bond acceptors (Lipinski definition) is 4. The van der Waals surface area contributed by atoms with Crippen molar-refractivity contribution in [2.24, 2.45) is 0 Å². The van der Waals surface area contributed by atoms with Gasteiger partial charge in [0.2, 0.25) is 5.89 Å². The first-order chi connectivity index (χ1) is 10.8. The predicted molar refractivity (Wildman–Crippen MR) is 82.5 cm³/mol. The third-order valence-corrected chi connectivity index (χ3v) is 4.22. The number of rotatable bonds is 3. The van der Waals surface area contributed by atoms with E-state index >= 15 is 0 Å². The molecule has 22 heavy (non-hydrogen) atoms. The van der Waals surface area contributed by atoms with Crippen molar-refractivity contribution in [1.29, 1.82) is 5.26 Å². The van der Waals surface area contributed by atoms with Gasteiger partial charge in [0.1, 0.15) is 11.3 Å². The van der Waals surface area contributed by atoms with Gasteiger partial charge in [-0.05, 0) is 37.1 Å². The van der Waals surface area contributed by atoms with Crippen LogP contribution < -0.4 is 4.74 Å². The summed E-state index contributed by atoms with van der Waals surface area (Å²) in [5.74, 6) is 1.28. The number of nitriles is 1. The molecular weight excluding hydrogens is 276 g/mol. The number of benzene rings is 2. The summed E-state index contributed by atoms with van der Waals surface area (Å²) in [6.07, 6.45) is 1.78. The zero-order chi connectivity index (χ0) is 15.2. The Balaban J connectivity index is 1.81. The second-order valence-corrected chi connectivity index (χ2v) is 5.60. The van der Waals surface area contributed by atoms with Crippen molar-refractivity contribution in [2.75, 3.05) is 7.11 Å². The van der Waals surface area contributed by atoms with Crippen LogP contribution in [0.4, 0.5) is 0 Å². The maximum atomic E-state index is 9.38. The molecule has 1 aliphatic carbocycles. The minimum absolute atomic E-state index is 0.370. The van der Waals surface area contributed by atoms with E-state index < -0.39 is 0 Å². The highest BCUT2D eigenvalue weighted by atomic mass is 16.5. The van der Waals surface area contributed by atoms with Crippen LogP contribution in [0, 0.1) is 11.3 Å². The SMILES string of the molecule is COc1cc(-c2nc3ccccc3o2)ccc1C1(C#N)CC1. The van der Waals surface area contributed by atoms with Gasteiger partial charge in [-0.25, -0.2) is 4.98 Å². The van der Waals surface area contributed by atoms with Crippen LogP contribution >= 0.6 is 0 Å². The first-order valence-corrected chi connectivity index (χ1v) is 7.21. The third kappa shape index (κ3) is 1.86. The van der Waals surface area contributed by atoms with Gasteiger partial charge in [-0.15, -0.1) is 0 Å². The predicted octanol–water partition coefficient (Wildman–Crippen LogP) is 4.06. The number of para-hydroxylation sites is 2. The van der Waals surface area contributed by atoms with Crippen molar-refractivity contribution in [3.05, 3.63) is 48.0 Å². The normalized spacial score (nSPS) is 15.5. The lowest BCUT2D eigenvalue weighted by Gasteiger charge is -2.12. The molecule has 0 saturated heterocycles. The van der Waals surface area contributed by atoms with E-state index in [9.17, 15) is 5.26 Å². The largest absolute Gasteiger partial charge is 0.496 e. The molecule has 1 saturated carbocycles. The van der Waals surface area contributed by atoms with Gasteiger partial charge in [-0.3, -0.25) is 0 Å². The molecule has 0 aliphatic heterocycles. The van der Waals surface area contributed by atoms with Crippen LogP contribution in [-0.4, -0.2) is 12.1 Å². The summed E-state index contributed by atoms with van der Waals surface area (Å²) in [6, 6.07) is 15.9. The topological polar surface area (TPSA) is 59.1 Å². The second kappa shape index (κ2) is 4.60. The Morgan fingerprint density at radius 3 is 2.73 bits per heavy atom. The minimum Gasteiger partial charge on any atom is -0.496 e. The van der Waals surface area contributed by atoms with Gasteiger partial charge in [0, 0.05) is 11.1 Å². The number of nitrogens with zero attached hydrogens (tertiary/aromatic N) is 2. The highest BCUT2D eigenvalue weighted by Gasteiger charge is 2.46. The van der Waals surface area contributed by atoms with Crippen molar-refractivity contribution in [3.8, 4) is 23.3 Å². The first kappa shape index (κ1) is 12.9. The summed E-state index contributed by atoms with van der Waals surface area (Å²) in [5, 5.41) is 9.38. The average molecular weight is 290 g/mol. The maximum absolute atomic E-state index is 9.38. The molecule has 0 unspecified atom stereocenters. The maximum Gasteiger partial charge on any atom is 0.227 e. The lowest BCUT2D eigenvalue weighted by atomic mass is 9.95. The van der Waals surface area contributed by atoms with Gasteiger partial charge in [0.25, 0.3) is 0 Å². The molecule has 0 atom stereocenters. The number of fused-ring (bicyclic) bond motifs is 1. The van der Waals surface area contributed by atoms with Crippen LogP contribution in [0.3, 0.4) is 0 Å². The molecule has 4 rings (SSSR count). The first-order valence-electron chi connectivity index (χ1n) is 7.21. The molecule has 0 spiro atoms. The van der Waals surface area contributed by atoms with Crippen LogP contribution in [0.25, 0.3) is 22.6 Å². The third-order valence-electron chi connectivity index (χ3n) is 4.22. The van der Waals surface area contributed by atoms with E-state index in [4.69, 9.17) is 9.15 Å². The highest BCUT2D eigenvalue weighted by molar-refractivity contribution is 5.76. The average Bonchev–Trinajstić information content (AvgIpc) is 3.25. The number of ether oxygens (including phenoxy) is 1. The monoisotopic (exact) mass is 290 g/mol. The summed E-state index contributed by atoms with van der Waals surface area (Å²) in [5.41, 5.74) is 3.03. The molecular formula is C18H14N2O2. The summed E-state index contributed by atoms with van der Waals surface area (Å²) >= 11 is 0. The van der Waals surface area contributed by atoms with Crippen molar-refractivity contribution < 1.29 is 9.15 Å². The number of methoxy groups -OCH3 is 1. The summed E-state index contributed by atoms with van der Waals surface area (Å²) < 4.78 is 11.3. The van der Waals surface area contributed by atoms with E-state index in [1.165, 1.54) is 0 Å². The molecule has 0 radical (unpaired) electrons. The molecule has 1 aliphatic rings. The molecule has 3 aromatic rings. The summed E-state index contributed by atoms with van der Waals surface area (Å²) in [4.78, 5) is 4.50.